The van der Waals surface area contributed by atoms with Crippen LogP contribution in [0.4, 0.5) is 5.69 Å². The summed E-state index contributed by atoms with van der Waals surface area (Å²) >= 11 is 0. The highest BCUT2D eigenvalue weighted by Crippen LogP contribution is 2.38. The predicted molar refractivity (Wildman–Crippen MR) is 111 cm³/mol. The average molecular weight is 420 g/mol. The Bertz CT molecular complexity index is 946. The number of nitrogens with one attached hydrogen (secondary N) is 2. The fourth-order valence-electron chi connectivity index (χ4n) is 2.56. The minimum Gasteiger partial charge on any atom is -0.493 e. The lowest BCUT2D eigenvalue weighted by Gasteiger charge is -2.14. The maximum Gasteiger partial charge on any atom is 0.255 e. The van der Waals surface area contributed by atoms with E-state index >= 15 is 0 Å². The molecule has 0 fully saturated rings. The summed E-state index contributed by atoms with van der Waals surface area (Å²) in [5.74, 6) is 0.579. The molecule has 0 saturated heterocycles. The third-order valence-electron chi connectivity index (χ3n) is 3.94. The van der Waals surface area contributed by atoms with Gasteiger partial charge >= 0.3 is 0 Å². The molecule has 9 heteroatoms. The minimum atomic E-state index is -3.45. The van der Waals surface area contributed by atoms with Crippen molar-refractivity contribution in [2.24, 2.45) is 0 Å². The molecule has 156 valence electrons. The smallest absolute Gasteiger partial charge is 0.255 e. The Labute approximate surface area is 170 Å². The first-order valence-electron chi connectivity index (χ1n) is 8.62. The Morgan fingerprint density at radius 3 is 2.10 bits per heavy atom. The number of hydrogen-bond acceptors (Lipinski definition) is 6. The molecule has 0 unspecified atom stereocenters. The van der Waals surface area contributed by atoms with Crippen LogP contribution in [0.5, 0.6) is 17.2 Å². The zero-order valence-electron chi connectivity index (χ0n) is 16.5. The summed E-state index contributed by atoms with van der Waals surface area (Å²) in [6.07, 6.45) is 1.47. The van der Waals surface area contributed by atoms with Crippen LogP contribution in [0.1, 0.15) is 15.9 Å². The Hall–Kier alpha value is -3.04. The van der Waals surface area contributed by atoms with E-state index in [9.17, 15) is 13.2 Å². The number of hydrogen-bond donors (Lipinski definition) is 2. The molecule has 0 radical (unpaired) electrons. The number of carbonyl (C=O) groups is 1. The van der Waals surface area contributed by atoms with Gasteiger partial charge in [0.15, 0.2) is 11.5 Å². The fraction of sp³-hybridized carbons (Fsp3) is 0.250. The van der Waals surface area contributed by atoms with Gasteiger partial charge in [-0.2, -0.15) is 0 Å². The normalized spacial score (nSPS) is 10.9. The molecule has 8 nitrogen and oxygen atoms in total. The van der Waals surface area contributed by atoms with Crippen LogP contribution in [0.3, 0.4) is 0 Å². The van der Waals surface area contributed by atoms with Crippen molar-refractivity contribution in [2.75, 3.05) is 33.2 Å². The lowest BCUT2D eigenvalue weighted by atomic mass is 10.1. The SMILES string of the molecule is C=CCNS(=O)(=O)Cc1ccc(NC(=O)c2cc(OC)c(OC)c(OC)c2)cc1. The maximum atomic E-state index is 12.6. The number of ether oxygens (including phenoxy) is 3. The van der Waals surface area contributed by atoms with Gasteiger partial charge in [0, 0.05) is 17.8 Å². The van der Waals surface area contributed by atoms with E-state index < -0.39 is 10.0 Å². The summed E-state index contributed by atoms with van der Waals surface area (Å²) in [5, 5.41) is 2.75. The molecule has 0 aliphatic heterocycles. The lowest BCUT2D eigenvalue weighted by Crippen LogP contribution is -2.25. The van der Waals surface area contributed by atoms with Gasteiger partial charge in [-0.1, -0.05) is 18.2 Å². The highest BCUT2D eigenvalue weighted by molar-refractivity contribution is 7.88. The number of methoxy groups -OCH3 is 3. The number of anilines is 1. The highest BCUT2D eigenvalue weighted by atomic mass is 32.2. The summed E-state index contributed by atoms with van der Waals surface area (Å²) < 4.78 is 42.0. The predicted octanol–water partition coefficient (Wildman–Crippen LogP) is 2.57. The number of carbonyl (C=O) groups excluding carboxylic acids is 1. The topological polar surface area (TPSA) is 103 Å². The maximum absolute atomic E-state index is 12.6. The van der Waals surface area contributed by atoms with Crippen LogP contribution in [0.15, 0.2) is 49.1 Å². The molecule has 0 saturated carbocycles. The molecular weight excluding hydrogens is 396 g/mol. The van der Waals surface area contributed by atoms with Gasteiger partial charge in [0.25, 0.3) is 5.91 Å². The Morgan fingerprint density at radius 1 is 1.03 bits per heavy atom. The first kappa shape index (κ1) is 22.3. The molecule has 2 N–H and O–H groups in total. The second kappa shape index (κ2) is 9.94. The summed E-state index contributed by atoms with van der Waals surface area (Å²) in [6, 6.07) is 9.63. The summed E-state index contributed by atoms with van der Waals surface area (Å²) in [5.41, 5.74) is 1.43. The van der Waals surface area contributed by atoms with Gasteiger partial charge in [-0.25, -0.2) is 13.1 Å². The molecule has 0 heterocycles. The molecule has 29 heavy (non-hydrogen) atoms. The van der Waals surface area contributed by atoms with Crippen LogP contribution < -0.4 is 24.2 Å². The van der Waals surface area contributed by atoms with Crippen molar-refractivity contribution in [3.63, 3.8) is 0 Å². The van der Waals surface area contributed by atoms with Crippen molar-refractivity contribution in [1.29, 1.82) is 0 Å². The third kappa shape index (κ3) is 5.97. The molecule has 0 aliphatic carbocycles. The molecule has 0 spiro atoms. The Kier molecular flexibility index (Phi) is 7.63. The van der Waals surface area contributed by atoms with Crippen LogP contribution in [0.25, 0.3) is 0 Å². The van der Waals surface area contributed by atoms with Crippen LogP contribution >= 0.6 is 0 Å². The number of amides is 1. The van der Waals surface area contributed by atoms with Gasteiger partial charge in [0.1, 0.15) is 0 Å². The van der Waals surface area contributed by atoms with Crippen molar-refractivity contribution < 1.29 is 27.4 Å². The quantitative estimate of drug-likeness (QED) is 0.573. The summed E-state index contributed by atoms with van der Waals surface area (Å²) in [4.78, 5) is 12.6. The van der Waals surface area contributed by atoms with E-state index in [1.165, 1.54) is 27.4 Å². The van der Waals surface area contributed by atoms with Gasteiger partial charge in [-0.05, 0) is 29.8 Å². The zero-order valence-corrected chi connectivity index (χ0v) is 17.3. The molecular formula is C20H24N2O6S. The van der Waals surface area contributed by atoms with Crippen molar-refractivity contribution >= 4 is 21.6 Å². The van der Waals surface area contributed by atoms with E-state index in [2.05, 4.69) is 16.6 Å². The Morgan fingerprint density at radius 2 is 1.62 bits per heavy atom. The van der Waals surface area contributed by atoms with E-state index in [1.807, 2.05) is 0 Å². The van der Waals surface area contributed by atoms with Crippen molar-refractivity contribution in [1.82, 2.24) is 4.72 Å². The molecule has 1 amide bonds. The van der Waals surface area contributed by atoms with Gasteiger partial charge in [-0.15, -0.1) is 6.58 Å². The van der Waals surface area contributed by atoms with Crippen molar-refractivity contribution in [3.05, 3.63) is 60.2 Å². The highest BCUT2D eigenvalue weighted by Gasteiger charge is 2.17. The van der Waals surface area contributed by atoms with Crippen LogP contribution in [-0.2, 0) is 15.8 Å². The molecule has 0 atom stereocenters. The molecule has 2 aromatic carbocycles. The van der Waals surface area contributed by atoms with Crippen LogP contribution in [-0.4, -0.2) is 42.2 Å². The molecule has 0 bridgehead atoms. The monoisotopic (exact) mass is 420 g/mol. The number of rotatable bonds is 10. The second-order valence-electron chi connectivity index (χ2n) is 5.96. The number of benzene rings is 2. The zero-order chi connectivity index (χ0) is 21.4. The molecule has 2 aromatic rings. The van der Waals surface area contributed by atoms with Crippen LogP contribution in [0.2, 0.25) is 0 Å². The van der Waals surface area contributed by atoms with Crippen molar-refractivity contribution in [3.8, 4) is 17.2 Å². The summed E-state index contributed by atoms with van der Waals surface area (Å²) in [6.45, 7) is 3.65. The molecule has 0 aliphatic rings. The van der Waals surface area contributed by atoms with Gasteiger partial charge in [0.2, 0.25) is 15.8 Å². The van der Waals surface area contributed by atoms with E-state index in [1.54, 1.807) is 36.4 Å². The first-order valence-corrected chi connectivity index (χ1v) is 10.3. The fourth-order valence-corrected chi connectivity index (χ4v) is 3.66. The average Bonchev–Trinajstić information content (AvgIpc) is 2.72. The van der Waals surface area contributed by atoms with Gasteiger partial charge < -0.3 is 19.5 Å². The second-order valence-corrected chi connectivity index (χ2v) is 7.77. The molecule has 2 rings (SSSR count). The largest absolute Gasteiger partial charge is 0.493 e. The van der Waals surface area contributed by atoms with Gasteiger partial charge in [-0.3, -0.25) is 4.79 Å². The lowest BCUT2D eigenvalue weighted by molar-refractivity contribution is 0.102. The summed E-state index contributed by atoms with van der Waals surface area (Å²) in [7, 11) is 0.971. The first-order chi connectivity index (χ1) is 13.8. The minimum absolute atomic E-state index is 0.165. The molecule has 0 aromatic heterocycles. The van der Waals surface area contributed by atoms with Gasteiger partial charge in [0.05, 0.1) is 27.1 Å². The van der Waals surface area contributed by atoms with E-state index in [4.69, 9.17) is 14.2 Å². The Balaban J connectivity index is 2.14. The standard InChI is InChI=1S/C20H24N2O6S/c1-5-10-21-29(24,25)13-14-6-8-16(9-7-14)22-20(23)15-11-17(26-2)19(28-4)18(12-15)27-3/h5-9,11-12,21H,1,10,13H2,2-4H3,(H,22,23). The van der Waals surface area contributed by atoms with E-state index in [0.717, 1.165) is 0 Å². The van der Waals surface area contributed by atoms with Crippen LogP contribution in [0, 0.1) is 0 Å². The third-order valence-corrected chi connectivity index (χ3v) is 5.26. The number of sulfonamides is 1. The van der Waals surface area contributed by atoms with E-state index in [-0.39, 0.29) is 18.2 Å². The van der Waals surface area contributed by atoms with Crippen molar-refractivity contribution in [2.45, 2.75) is 5.75 Å². The van der Waals surface area contributed by atoms with E-state index in [0.29, 0.717) is 34.1 Å².